The van der Waals surface area contributed by atoms with E-state index >= 15 is 0 Å². The lowest BCUT2D eigenvalue weighted by molar-refractivity contribution is -0.274. The molecule has 0 aliphatic rings. The summed E-state index contributed by atoms with van der Waals surface area (Å²) in [6.45, 7) is 0. The van der Waals surface area contributed by atoms with Crippen LogP contribution in [0.15, 0.2) is 155 Å². The van der Waals surface area contributed by atoms with Gasteiger partial charge in [0.2, 0.25) is 0 Å². The fourth-order valence-corrected chi connectivity index (χ4v) is 7.58. The molecule has 0 unspecified atom stereocenters. The van der Waals surface area contributed by atoms with Crippen molar-refractivity contribution in [2.45, 2.75) is 22.3 Å². The number of carbonyl (C=O) groups is 2. The van der Waals surface area contributed by atoms with Crippen molar-refractivity contribution in [1.82, 2.24) is 0 Å². The first-order chi connectivity index (χ1) is 30.7. The average molecular weight is 937 g/mol. The maximum atomic E-state index is 13.1. The highest BCUT2D eigenvalue weighted by molar-refractivity contribution is 7.93. The maximum Gasteiger partial charge on any atom is 0.573 e. The smallest absolute Gasteiger partial charge is 0.404 e. The van der Waals surface area contributed by atoms with Crippen LogP contribution in [0.1, 0.15) is 16.7 Å². The van der Waals surface area contributed by atoms with E-state index in [1.807, 2.05) is 12.1 Å². The minimum atomic E-state index is -4.97. The number of nitrogens with zero attached hydrogens (tertiary/aromatic N) is 2. The number of nitriles is 2. The summed E-state index contributed by atoms with van der Waals surface area (Å²) in [6, 6.07) is 33.3. The zero-order valence-corrected chi connectivity index (χ0v) is 34.3. The van der Waals surface area contributed by atoms with Crippen LogP contribution in [-0.4, -0.2) is 35.3 Å². The molecule has 0 radical (unpaired) electrons. The van der Waals surface area contributed by atoms with Crippen molar-refractivity contribution in [3.05, 3.63) is 162 Å². The normalized spacial score (nSPS) is 11.3. The first kappa shape index (κ1) is 47.8. The van der Waals surface area contributed by atoms with Gasteiger partial charge in [-0.15, -0.1) is 13.2 Å². The third kappa shape index (κ3) is 13.6. The molecule has 6 rings (SSSR count). The molecule has 0 aliphatic heterocycles. The number of amides is 4. The van der Waals surface area contributed by atoms with Crippen LogP contribution < -0.4 is 35.4 Å². The van der Waals surface area contributed by atoms with Gasteiger partial charge < -0.3 is 26.0 Å². The standard InChI is InChI=1S/C21H15F3N4O4S.C21H15F3N4O3S/c22-21(23,24)32-19-9-5-4-8-17(19)27-20(29)26-16-11-10-14(13-25)12-18(16)28-33(30,31)15-6-2-1-3-7-15;22-21(23,24)16-8-4-5-9-17(16)26-20(29)27-18-11-10-14(13-25)12-19(18)28-32(30,31)15-6-2-1-3-7-15/h1-12,28H,(H2,26,27,29);1-12,28H,(H2,26,27,29). The third-order valence-electron chi connectivity index (χ3n) is 8.23. The predicted octanol–water partition coefficient (Wildman–Crippen LogP) is 9.92. The summed E-state index contributed by atoms with van der Waals surface area (Å²) in [5, 5.41) is 27.2. The molecule has 6 aromatic rings. The van der Waals surface area contributed by atoms with Crippen molar-refractivity contribution in [3.63, 3.8) is 0 Å². The number of anilines is 6. The van der Waals surface area contributed by atoms with Crippen molar-refractivity contribution in [3.8, 4) is 17.9 Å². The molecule has 6 aromatic carbocycles. The Morgan fingerprint density at radius 3 is 1.29 bits per heavy atom. The Hall–Kier alpha value is -8.28. The number of para-hydroxylation sites is 3. The molecule has 0 atom stereocenters. The quantitative estimate of drug-likeness (QED) is 0.0678. The van der Waals surface area contributed by atoms with E-state index in [-0.39, 0.29) is 49.4 Å². The summed E-state index contributed by atoms with van der Waals surface area (Å²) in [4.78, 5) is 24.7. The number of benzene rings is 6. The Morgan fingerprint density at radius 2 is 0.862 bits per heavy atom. The van der Waals surface area contributed by atoms with Gasteiger partial charge in [-0.2, -0.15) is 23.7 Å². The van der Waals surface area contributed by atoms with Crippen molar-refractivity contribution >= 4 is 66.2 Å². The molecular weight excluding hydrogens is 907 g/mol. The van der Waals surface area contributed by atoms with Crippen molar-refractivity contribution in [2.75, 3.05) is 30.7 Å². The van der Waals surface area contributed by atoms with E-state index in [9.17, 15) is 52.8 Å². The minimum absolute atomic E-state index is 0.0415. The molecule has 0 bridgehead atoms. The van der Waals surface area contributed by atoms with Crippen LogP contribution in [0.2, 0.25) is 0 Å². The number of hydrogen-bond acceptors (Lipinski definition) is 9. The number of sulfonamides is 2. The molecule has 0 aromatic heterocycles. The molecule has 23 heteroatoms. The third-order valence-corrected chi connectivity index (χ3v) is 11.0. The molecule has 0 saturated carbocycles. The molecule has 0 heterocycles. The molecule has 0 aliphatic carbocycles. The number of alkyl halides is 6. The topological polar surface area (TPSA) is 231 Å². The van der Waals surface area contributed by atoms with Crippen LogP contribution >= 0.6 is 0 Å². The Balaban J connectivity index is 0.000000244. The SMILES string of the molecule is N#Cc1ccc(NC(=O)Nc2ccccc2C(F)(F)F)c(NS(=O)(=O)c2ccccc2)c1.N#Cc1ccc(NC(=O)Nc2ccccc2OC(F)(F)F)c(NS(=O)(=O)c2ccccc2)c1. The van der Waals surface area contributed by atoms with Crippen molar-refractivity contribution in [2.24, 2.45) is 0 Å². The lowest BCUT2D eigenvalue weighted by Crippen LogP contribution is -2.23. The van der Waals surface area contributed by atoms with Crippen LogP contribution in [0.4, 0.5) is 70.1 Å². The van der Waals surface area contributed by atoms with E-state index < -0.39 is 61.6 Å². The molecule has 6 N–H and O–H groups in total. The number of rotatable bonds is 11. The number of hydrogen-bond donors (Lipinski definition) is 6. The minimum Gasteiger partial charge on any atom is -0.404 e. The number of urea groups is 2. The van der Waals surface area contributed by atoms with Gasteiger partial charge in [-0.05, 0) is 84.9 Å². The second-order valence-electron chi connectivity index (χ2n) is 12.8. The fourth-order valence-electron chi connectivity index (χ4n) is 5.40. The van der Waals surface area contributed by atoms with E-state index in [2.05, 4.69) is 35.4 Å². The number of carbonyl (C=O) groups excluding carboxylic acids is 2. The highest BCUT2D eigenvalue weighted by atomic mass is 32.2. The zero-order chi connectivity index (χ0) is 47.4. The van der Waals surface area contributed by atoms with Gasteiger partial charge >= 0.3 is 24.6 Å². The summed E-state index contributed by atoms with van der Waals surface area (Å²) >= 11 is 0. The lowest BCUT2D eigenvalue weighted by Gasteiger charge is -2.16. The first-order valence-corrected chi connectivity index (χ1v) is 21.0. The summed E-state index contributed by atoms with van der Waals surface area (Å²) in [7, 11) is -8.12. The summed E-state index contributed by atoms with van der Waals surface area (Å²) in [6.07, 6.45) is -9.65. The highest BCUT2D eigenvalue weighted by Crippen LogP contribution is 2.35. The van der Waals surface area contributed by atoms with E-state index in [0.717, 1.165) is 18.2 Å². The largest absolute Gasteiger partial charge is 0.573 e. The first-order valence-electron chi connectivity index (χ1n) is 18.1. The molecule has 15 nitrogen and oxygen atoms in total. The van der Waals surface area contributed by atoms with Crippen LogP contribution in [-0.2, 0) is 26.2 Å². The van der Waals surface area contributed by atoms with E-state index in [4.69, 9.17) is 10.5 Å². The van der Waals surface area contributed by atoms with E-state index in [0.29, 0.717) is 0 Å². The van der Waals surface area contributed by atoms with Gasteiger partial charge in [0.25, 0.3) is 20.0 Å². The van der Waals surface area contributed by atoms with Crippen LogP contribution in [0.5, 0.6) is 5.75 Å². The monoisotopic (exact) mass is 936 g/mol. The molecule has 334 valence electrons. The maximum absolute atomic E-state index is 13.1. The fraction of sp³-hybridized carbons (Fsp3) is 0.0476. The van der Waals surface area contributed by atoms with Gasteiger partial charge in [0.1, 0.15) is 0 Å². The summed E-state index contributed by atoms with van der Waals surface area (Å²) in [5.41, 5.74) is -1.93. The molecule has 4 amide bonds. The zero-order valence-electron chi connectivity index (χ0n) is 32.7. The van der Waals surface area contributed by atoms with Gasteiger partial charge in [-0.1, -0.05) is 60.7 Å². The summed E-state index contributed by atoms with van der Waals surface area (Å²) in [5.74, 6) is -0.634. The van der Waals surface area contributed by atoms with Crippen LogP contribution in [0, 0.1) is 22.7 Å². The van der Waals surface area contributed by atoms with Crippen LogP contribution in [0.3, 0.4) is 0 Å². The number of halogens is 6. The second-order valence-corrected chi connectivity index (χ2v) is 16.2. The van der Waals surface area contributed by atoms with Gasteiger partial charge in [-0.3, -0.25) is 9.44 Å². The molecule has 0 fully saturated rings. The van der Waals surface area contributed by atoms with Gasteiger partial charge in [0.05, 0.1) is 72.7 Å². The average Bonchev–Trinajstić information content (AvgIpc) is 3.25. The van der Waals surface area contributed by atoms with Gasteiger partial charge in [0, 0.05) is 0 Å². The van der Waals surface area contributed by atoms with Gasteiger partial charge in [-0.25, -0.2) is 26.4 Å². The Kier molecular flexibility index (Phi) is 14.9. The van der Waals surface area contributed by atoms with Gasteiger partial charge in [0.15, 0.2) is 5.75 Å². The molecular formula is C42H30F6N8O7S2. The Morgan fingerprint density at radius 1 is 0.477 bits per heavy atom. The predicted molar refractivity (Wildman–Crippen MR) is 227 cm³/mol. The highest BCUT2D eigenvalue weighted by Gasteiger charge is 2.34. The lowest BCUT2D eigenvalue weighted by atomic mass is 10.1. The molecule has 0 spiro atoms. The van der Waals surface area contributed by atoms with Crippen molar-refractivity contribution in [1.29, 1.82) is 10.5 Å². The van der Waals surface area contributed by atoms with Crippen molar-refractivity contribution < 1.29 is 57.5 Å². The van der Waals surface area contributed by atoms with Crippen LogP contribution in [0.25, 0.3) is 0 Å². The molecule has 65 heavy (non-hydrogen) atoms. The molecule has 0 saturated heterocycles. The number of ether oxygens (including phenoxy) is 1. The van der Waals surface area contributed by atoms with E-state index in [1.165, 1.54) is 115 Å². The second kappa shape index (κ2) is 20.3. The Labute approximate surface area is 366 Å². The summed E-state index contributed by atoms with van der Waals surface area (Å²) < 4.78 is 136. The number of nitrogens with one attached hydrogen (secondary N) is 6. The van der Waals surface area contributed by atoms with E-state index in [1.54, 1.807) is 12.1 Å². The Bertz CT molecular complexity index is 3000.